The second-order valence-electron chi connectivity index (χ2n) is 17.7. The first-order valence-electron chi connectivity index (χ1n) is 23.0. The minimum absolute atomic E-state index is 0. The zero-order valence-corrected chi connectivity index (χ0v) is 44.9. The van der Waals surface area contributed by atoms with E-state index >= 15 is 0 Å². The maximum absolute atomic E-state index is 11.8. The van der Waals surface area contributed by atoms with E-state index in [1.807, 2.05) is 67.9 Å². The minimum Gasteiger partial charge on any atom is -0.456 e. The normalized spacial score (nSPS) is 12.2. The van der Waals surface area contributed by atoms with Gasteiger partial charge in [-0.15, -0.1) is 46.4 Å². The number of aryl methyl sites for hydroxylation is 1. The van der Waals surface area contributed by atoms with Gasteiger partial charge in [-0.25, -0.2) is 0 Å². The second kappa shape index (κ2) is 28.2. The fraction of sp³-hybridized carbons (Fsp3) is 0.339. The first-order chi connectivity index (χ1) is 33.1. The summed E-state index contributed by atoms with van der Waals surface area (Å²) >= 11 is 5.42. The molecule has 2 atom stereocenters. The van der Waals surface area contributed by atoms with Crippen LogP contribution in [0.3, 0.4) is 0 Å². The molecule has 11 nitrogen and oxygen atoms in total. The Bertz CT molecular complexity index is 2970. The predicted molar refractivity (Wildman–Crippen MR) is 295 cm³/mol. The number of aliphatic hydroxyl groups is 1. The van der Waals surface area contributed by atoms with Gasteiger partial charge in [-0.05, 0) is 129 Å². The molecule has 3 aromatic carbocycles. The van der Waals surface area contributed by atoms with Crippen LogP contribution < -0.4 is 18.9 Å². The monoisotopic (exact) mass is 1000 g/mol. The molecular weight excluding hydrogens is 934 g/mol. The summed E-state index contributed by atoms with van der Waals surface area (Å²) in [6.45, 7) is 10.7. The van der Waals surface area contributed by atoms with E-state index in [1.54, 1.807) is 60.6 Å². The first kappa shape index (κ1) is 58.5. The van der Waals surface area contributed by atoms with E-state index in [4.69, 9.17) is 0 Å². The summed E-state index contributed by atoms with van der Waals surface area (Å²) in [5.74, 6) is 0.438. The molecule has 9 rings (SSSR count). The summed E-state index contributed by atoms with van der Waals surface area (Å²) in [5.41, 5.74) is 4.73. The number of Topliss-reactive ketones (excluding diaryl/α,β-unsaturated/α-hetero) is 1. The number of rotatable bonds is 14. The zero-order chi connectivity index (χ0) is 49.5. The van der Waals surface area contributed by atoms with Gasteiger partial charge in [0.25, 0.3) is 0 Å². The third-order valence-electron chi connectivity index (χ3n) is 11.4. The van der Waals surface area contributed by atoms with E-state index in [9.17, 15) is 9.90 Å². The number of likely N-dealkylation sites (N-methyl/N-ethyl adjacent to an activating group) is 3. The third-order valence-corrected chi connectivity index (χ3v) is 15.1. The molecule has 0 fully saturated rings. The fourth-order valence-electron chi connectivity index (χ4n) is 7.89. The number of nitrogens with zero attached hydrogens (tertiary/aromatic N) is 9. The molecule has 0 saturated carbocycles. The average Bonchev–Trinajstić information content (AvgIpc) is 4.05. The molecule has 368 valence electrons. The summed E-state index contributed by atoms with van der Waals surface area (Å²) < 4.78 is 3.77. The second-order valence-corrected chi connectivity index (χ2v) is 21.2. The van der Waals surface area contributed by atoms with Crippen LogP contribution in [0.2, 0.25) is 0 Å². The molecule has 0 aliphatic carbocycles. The number of thiophene rings is 3. The van der Waals surface area contributed by atoms with E-state index < -0.39 is 5.60 Å². The van der Waals surface area contributed by atoms with Gasteiger partial charge >= 0.3 is 18.9 Å². The Morgan fingerprint density at radius 3 is 1.69 bits per heavy atom. The molecule has 9 aromatic rings. The van der Waals surface area contributed by atoms with Crippen molar-refractivity contribution in [3.63, 3.8) is 0 Å². The Morgan fingerprint density at radius 1 is 0.662 bits per heavy atom. The van der Waals surface area contributed by atoms with Crippen molar-refractivity contribution in [2.45, 2.75) is 65.9 Å². The van der Waals surface area contributed by atoms with Gasteiger partial charge in [0, 0.05) is 95.6 Å². The molecule has 71 heavy (non-hydrogen) atoms. The smallest absolute Gasteiger partial charge is 0.456 e. The summed E-state index contributed by atoms with van der Waals surface area (Å²) in [7, 11) is 12.5. The number of hydrogen-bond acceptors (Lipinski definition) is 14. The first-order valence-corrected chi connectivity index (χ1v) is 25.5. The van der Waals surface area contributed by atoms with Gasteiger partial charge in [0.2, 0.25) is 0 Å². The van der Waals surface area contributed by atoms with Crippen molar-refractivity contribution in [3.8, 4) is 0 Å². The van der Waals surface area contributed by atoms with Crippen LogP contribution in [-0.4, -0.2) is 117 Å². The summed E-state index contributed by atoms with van der Waals surface area (Å²) in [5, 5.41) is 14.9. The largest absolute Gasteiger partial charge is 1.00 e. The number of fused-ring (bicyclic) bond motifs is 3. The van der Waals surface area contributed by atoms with Gasteiger partial charge in [-0.3, -0.25) is 24.7 Å². The maximum Gasteiger partial charge on any atom is 1.00 e. The van der Waals surface area contributed by atoms with Crippen molar-refractivity contribution < 1.29 is 28.8 Å². The summed E-state index contributed by atoms with van der Waals surface area (Å²) in [4.78, 5) is 47.0. The molecule has 0 radical (unpaired) electrons. The van der Waals surface area contributed by atoms with Gasteiger partial charge in [0.05, 0.1) is 23.3 Å². The number of hydrogen-bond donors (Lipinski definition) is 1. The molecule has 0 aliphatic rings. The minimum atomic E-state index is -1.16. The standard InChI is InChI=1S/C19H23N3S.C18H21N3OS.C14H17NOS.C4H3N2.CH4.Li/c1-13-11-21-16(12-20-13)14(2)19-15-7-5-6-8-17(15)23-18(19)9-10-22(3)4;1-18(22,16-12-19-9-10-20-16)17-13-6-4-5-7-14(13)23-15(17)8-11-21(2)3;1-10(16)14-11-6-4-5-7-12(11)17-13(14)8-9-15(2)3;1-2-6-4-3-5-1;;/h5-8,11-12,14H,9-10H2,1-4H3;4-7,9-10,12,22H,8,11H2,1-3H3;4-7H,8-9H2,1-3H3;1-3H;1H4;/q;;;-1;;+1. The Balaban J connectivity index is 0.000000217. The molecule has 0 amide bonds. The predicted octanol–water partition coefficient (Wildman–Crippen LogP) is 8.43. The van der Waals surface area contributed by atoms with E-state index in [0.29, 0.717) is 5.69 Å². The molecular formula is C56H68LiN9O2S3. The fourth-order valence-corrected chi connectivity index (χ4v) is 11.7. The molecule has 0 bridgehead atoms. The van der Waals surface area contributed by atoms with E-state index in [0.717, 1.165) is 72.2 Å². The number of benzene rings is 3. The van der Waals surface area contributed by atoms with Crippen LogP contribution in [0.25, 0.3) is 30.3 Å². The quantitative estimate of drug-likeness (QED) is 0.0642. The van der Waals surface area contributed by atoms with Crippen LogP contribution >= 0.6 is 34.0 Å². The van der Waals surface area contributed by atoms with E-state index in [1.165, 1.54) is 45.9 Å². The van der Waals surface area contributed by atoms with Crippen molar-refractivity contribution >= 4 is 70.1 Å². The number of ketones is 1. The van der Waals surface area contributed by atoms with Gasteiger partial charge in [0.15, 0.2) is 5.78 Å². The molecule has 0 saturated heterocycles. The molecule has 15 heteroatoms. The van der Waals surface area contributed by atoms with Gasteiger partial charge in [-0.1, -0.05) is 68.9 Å². The van der Waals surface area contributed by atoms with Crippen molar-refractivity contribution in [1.82, 2.24) is 44.6 Å². The van der Waals surface area contributed by atoms with Crippen LogP contribution in [0, 0.1) is 13.1 Å². The number of aromatic nitrogens is 6. The van der Waals surface area contributed by atoms with Crippen LogP contribution in [0.5, 0.6) is 0 Å². The Labute approximate surface area is 445 Å². The Hall–Kier alpha value is -5.11. The molecule has 1 N–H and O–H groups in total. The number of carbonyl (C=O) groups is 1. The SMILES string of the molecule is C.CC(=O)c1c(CCN(C)C)sc2ccccc12.CN(C)CCc1sc2ccccc2c1C(C)(O)c1cnccn1.Cc1cnc(C(C)c2c(CCN(C)C)sc3ccccc23)cn1.[Li+].[c-]1cnccn1. The average molecular weight is 1000 g/mol. The maximum atomic E-state index is 11.8. The third kappa shape index (κ3) is 15.9. The number of carbonyl (C=O) groups excluding carboxylic acids is 1. The Morgan fingerprint density at radius 2 is 1.18 bits per heavy atom. The molecule has 2 unspecified atom stereocenters. The molecule has 6 heterocycles. The van der Waals surface area contributed by atoms with Gasteiger partial charge in [0.1, 0.15) is 5.60 Å². The topological polar surface area (TPSA) is 124 Å². The molecule has 6 aromatic heterocycles. The van der Waals surface area contributed by atoms with Crippen LogP contribution in [0.4, 0.5) is 0 Å². The van der Waals surface area contributed by atoms with Crippen LogP contribution in [0.15, 0.2) is 122 Å². The van der Waals surface area contributed by atoms with Crippen LogP contribution in [0.1, 0.15) is 87.3 Å². The zero-order valence-electron chi connectivity index (χ0n) is 42.5. The molecule has 0 aliphatic heterocycles. The molecule has 0 spiro atoms. The van der Waals surface area contributed by atoms with E-state index in [-0.39, 0.29) is 38.0 Å². The van der Waals surface area contributed by atoms with Crippen molar-refractivity contribution in [2.24, 2.45) is 0 Å². The van der Waals surface area contributed by atoms with Gasteiger partial charge < -0.3 is 29.8 Å². The van der Waals surface area contributed by atoms with Crippen molar-refractivity contribution in [2.75, 3.05) is 61.9 Å². The van der Waals surface area contributed by atoms with E-state index in [2.05, 4.69) is 142 Å². The van der Waals surface area contributed by atoms with Crippen molar-refractivity contribution in [3.05, 3.63) is 177 Å². The van der Waals surface area contributed by atoms with Gasteiger partial charge in [-0.2, -0.15) is 0 Å². The van der Waals surface area contributed by atoms with Crippen molar-refractivity contribution in [1.29, 1.82) is 0 Å². The summed E-state index contributed by atoms with van der Waals surface area (Å²) in [6, 6.07) is 25.1. The van der Waals surface area contributed by atoms with Crippen LogP contribution in [-0.2, 0) is 24.9 Å². The Kier molecular flexibility index (Phi) is 23.2. The summed E-state index contributed by atoms with van der Waals surface area (Å²) in [6.07, 6.45) is 18.8.